The molecule has 0 aromatic carbocycles. The minimum Gasteiger partial charge on any atom is -0.384 e. The normalized spacial score (nSPS) is 16.7. The maximum atomic E-state index is 12.7. The Kier molecular flexibility index (Phi) is 6.83. The molecule has 2 aromatic rings. The van der Waals surface area contributed by atoms with Crippen molar-refractivity contribution in [2.24, 2.45) is 5.41 Å². The van der Waals surface area contributed by atoms with Crippen molar-refractivity contribution in [1.29, 1.82) is 0 Å². The third-order valence-corrected chi connectivity index (χ3v) is 5.04. The molecule has 0 radical (unpaired) electrons. The van der Waals surface area contributed by atoms with Crippen molar-refractivity contribution in [3.63, 3.8) is 0 Å². The molecule has 1 fully saturated rings. The molecule has 2 aromatic heterocycles. The number of aromatic nitrogens is 2. The Morgan fingerprint density at radius 2 is 2.07 bits per heavy atom. The van der Waals surface area contributed by atoms with E-state index in [9.17, 15) is 4.79 Å². The molecule has 0 unspecified atom stereocenters. The molecular weight excluding hydrogens is 368 g/mol. The van der Waals surface area contributed by atoms with Crippen LogP contribution in [0.1, 0.15) is 49.7 Å². The first-order valence-electron chi connectivity index (χ1n) is 9.08. The van der Waals surface area contributed by atoms with Crippen LogP contribution in [0.5, 0.6) is 0 Å². The van der Waals surface area contributed by atoms with Gasteiger partial charge in [-0.1, -0.05) is 25.9 Å². The second-order valence-electron chi connectivity index (χ2n) is 8.22. The monoisotopic (exact) mass is 396 g/mol. The summed E-state index contributed by atoms with van der Waals surface area (Å²) in [5, 5.41) is 11.4. The Balaban J connectivity index is 0.00000261. The Labute approximate surface area is 166 Å². The average Bonchev–Trinajstić information content (AvgIpc) is 3.04. The van der Waals surface area contributed by atoms with Crippen LogP contribution in [0.3, 0.4) is 0 Å². The maximum absolute atomic E-state index is 12.7. The highest BCUT2D eigenvalue weighted by Gasteiger charge is 2.32. The molecular formula is C19H29ClN4O3. The zero-order valence-corrected chi connectivity index (χ0v) is 17.2. The maximum Gasteiger partial charge on any atom is 0.257 e. The summed E-state index contributed by atoms with van der Waals surface area (Å²) in [4.78, 5) is 17.0. The highest BCUT2D eigenvalue weighted by Crippen LogP contribution is 2.30. The van der Waals surface area contributed by atoms with Crippen LogP contribution in [0.4, 0.5) is 0 Å². The highest BCUT2D eigenvalue weighted by molar-refractivity contribution is 5.97. The number of pyridine rings is 1. The number of piperidine rings is 1. The van der Waals surface area contributed by atoms with Gasteiger partial charge in [0.2, 0.25) is 0 Å². The van der Waals surface area contributed by atoms with Crippen LogP contribution in [-0.2, 0) is 10.2 Å². The fourth-order valence-electron chi connectivity index (χ4n) is 3.50. The first kappa shape index (κ1) is 21.6. The highest BCUT2D eigenvalue weighted by atomic mass is 35.5. The van der Waals surface area contributed by atoms with Gasteiger partial charge in [0.1, 0.15) is 0 Å². The number of halogens is 1. The van der Waals surface area contributed by atoms with E-state index in [2.05, 4.69) is 41.5 Å². The summed E-state index contributed by atoms with van der Waals surface area (Å²) in [7, 11) is 1.71. The predicted octanol–water partition coefficient (Wildman–Crippen LogP) is 2.69. The summed E-state index contributed by atoms with van der Waals surface area (Å²) in [5.41, 5.74) is 1.60. The number of nitrogens with one attached hydrogen (secondary N) is 2. The second kappa shape index (κ2) is 8.54. The van der Waals surface area contributed by atoms with Crippen molar-refractivity contribution < 1.29 is 14.1 Å². The van der Waals surface area contributed by atoms with Gasteiger partial charge in [-0.25, -0.2) is 4.98 Å². The van der Waals surface area contributed by atoms with Gasteiger partial charge in [-0.15, -0.1) is 12.4 Å². The molecule has 1 aliphatic heterocycles. The first-order chi connectivity index (χ1) is 12.3. The molecule has 0 atom stereocenters. The minimum atomic E-state index is -0.181. The molecule has 1 amide bonds. The zero-order valence-electron chi connectivity index (χ0n) is 16.4. The molecule has 1 aliphatic rings. The number of amides is 1. The number of rotatable bonds is 5. The fraction of sp³-hybridized carbons (Fsp3) is 0.632. The van der Waals surface area contributed by atoms with E-state index < -0.39 is 0 Å². The van der Waals surface area contributed by atoms with Crippen LogP contribution < -0.4 is 10.6 Å². The van der Waals surface area contributed by atoms with Gasteiger partial charge in [-0.05, 0) is 32.0 Å². The molecule has 2 N–H and O–H groups in total. The van der Waals surface area contributed by atoms with E-state index in [1.54, 1.807) is 13.3 Å². The fourth-order valence-corrected chi connectivity index (χ4v) is 3.50. The van der Waals surface area contributed by atoms with E-state index in [1.807, 2.05) is 6.07 Å². The van der Waals surface area contributed by atoms with Crippen LogP contribution in [0.25, 0.3) is 11.1 Å². The van der Waals surface area contributed by atoms with E-state index >= 15 is 0 Å². The largest absolute Gasteiger partial charge is 0.384 e. The van der Waals surface area contributed by atoms with Crippen LogP contribution in [0, 0.1) is 5.41 Å². The lowest BCUT2D eigenvalue weighted by Crippen LogP contribution is -2.47. The van der Waals surface area contributed by atoms with Crippen molar-refractivity contribution in [1.82, 2.24) is 20.8 Å². The summed E-state index contributed by atoms with van der Waals surface area (Å²) in [6, 6.07) is 1.82. The Bertz CT molecular complexity index is 773. The Hall–Kier alpha value is -1.70. The lowest BCUT2D eigenvalue weighted by Gasteiger charge is -2.37. The predicted molar refractivity (Wildman–Crippen MR) is 106 cm³/mol. The van der Waals surface area contributed by atoms with Crippen LogP contribution in [-0.4, -0.2) is 49.4 Å². The molecule has 3 rings (SSSR count). The second-order valence-corrected chi connectivity index (χ2v) is 8.22. The van der Waals surface area contributed by atoms with E-state index in [0.29, 0.717) is 24.4 Å². The average molecular weight is 397 g/mol. The minimum absolute atomic E-state index is 0. The van der Waals surface area contributed by atoms with E-state index in [0.717, 1.165) is 37.0 Å². The smallest absolute Gasteiger partial charge is 0.257 e. The first-order valence-corrected chi connectivity index (χ1v) is 9.08. The number of carbonyl (C=O) groups excluding carboxylic acids is 1. The molecule has 0 aliphatic carbocycles. The summed E-state index contributed by atoms with van der Waals surface area (Å²) >= 11 is 0. The summed E-state index contributed by atoms with van der Waals surface area (Å²) in [5.74, 6) is -0.130. The third-order valence-electron chi connectivity index (χ3n) is 5.04. The van der Waals surface area contributed by atoms with Gasteiger partial charge < -0.3 is 19.9 Å². The lowest BCUT2D eigenvalue weighted by molar-refractivity contribution is 0.0511. The van der Waals surface area contributed by atoms with Crippen LogP contribution in [0.2, 0.25) is 0 Å². The molecule has 27 heavy (non-hydrogen) atoms. The molecule has 3 heterocycles. The van der Waals surface area contributed by atoms with Crippen molar-refractivity contribution in [3.05, 3.63) is 23.5 Å². The van der Waals surface area contributed by atoms with Gasteiger partial charge in [-0.2, -0.15) is 0 Å². The number of hydrogen-bond acceptors (Lipinski definition) is 6. The van der Waals surface area contributed by atoms with Crippen molar-refractivity contribution in [2.45, 2.75) is 39.0 Å². The summed E-state index contributed by atoms with van der Waals surface area (Å²) in [6.45, 7) is 9.31. The number of carbonyl (C=O) groups is 1. The van der Waals surface area contributed by atoms with Crippen molar-refractivity contribution in [3.8, 4) is 0 Å². The van der Waals surface area contributed by atoms with E-state index in [1.165, 1.54) is 0 Å². The van der Waals surface area contributed by atoms with Gasteiger partial charge >= 0.3 is 0 Å². The van der Waals surface area contributed by atoms with Crippen molar-refractivity contribution >= 4 is 29.4 Å². The number of ether oxygens (including phenoxy) is 1. The number of nitrogens with zero attached hydrogens (tertiary/aromatic N) is 2. The van der Waals surface area contributed by atoms with Gasteiger partial charge in [0.15, 0.2) is 0 Å². The zero-order chi connectivity index (χ0) is 18.8. The molecule has 8 heteroatoms. The Morgan fingerprint density at radius 1 is 1.37 bits per heavy atom. The van der Waals surface area contributed by atoms with Crippen LogP contribution >= 0.6 is 12.4 Å². The molecule has 0 bridgehead atoms. The molecule has 0 spiro atoms. The van der Waals surface area contributed by atoms with E-state index in [-0.39, 0.29) is 29.1 Å². The standard InChI is InChI=1S/C19H28N4O3.ClH/c1-18(2,3)15-14-9-13(10-21-17(14)26-23-15)16(24)22-11-19(12-25-4)5-7-20-8-6-19;/h9-10,20H,5-8,11-12H2,1-4H3,(H,22,24);1H. The molecule has 150 valence electrons. The van der Waals surface area contributed by atoms with Gasteiger partial charge in [0, 0.05) is 30.7 Å². The van der Waals surface area contributed by atoms with Crippen molar-refractivity contribution in [2.75, 3.05) is 33.4 Å². The van der Waals surface area contributed by atoms with Gasteiger partial charge in [-0.3, -0.25) is 4.79 Å². The van der Waals surface area contributed by atoms with Gasteiger partial charge in [0.25, 0.3) is 11.6 Å². The summed E-state index contributed by atoms with van der Waals surface area (Å²) in [6.07, 6.45) is 3.51. The number of hydrogen-bond donors (Lipinski definition) is 2. The number of fused-ring (bicyclic) bond motifs is 1. The Morgan fingerprint density at radius 3 is 2.70 bits per heavy atom. The van der Waals surface area contributed by atoms with Crippen LogP contribution in [0.15, 0.2) is 16.8 Å². The number of methoxy groups -OCH3 is 1. The molecule has 7 nitrogen and oxygen atoms in total. The topological polar surface area (TPSA) is 89.3 Å². The third kappa shape index (κ3) is 4.78. The van der Waals surface area contributed by atoms with E-state index in [4.69, 9.17) is 9.26 Å². The quantitative estimate of drug-likeness (QED) is 0.807. The van der Waals surface area contributed by atoms with Gasteiger partial charge in [0.05, 0.1) is 23.3 Å². The molecule has 1 saturated heterocycles. The lowest BCUT2D eigenvalue weighted by atomic mass is 9.79. The summed E-state index contributed by atoms with van der Waals surface area (Å²) < 4.78 is 10.7. The SMILES string of the molecule is COCC1(CNC(=O)c2cnc3onc(C(C)(C)C)c3c2)CCNCC1.Cl. The molecule has 0 saturated carbocycles.